The van der Waals surface area contributed by atoms with E-state index in [1.54, 1.807) is 6.07 Å². The van der Waals surface area contributed by atoms with Crippen LogP contribution < -0.4 is 5.90 Å². The van der Waals surface area contributed by atoms with E-state index in [0.29, 0.717) is 5.56 Å². The number of phenolic OH excluding ortho intramolecular Hbond substituents is 1. The highest BCUT2D eigenvalue weighted by atomic mass is 16.6. The molecule has 0 aliphatic heterocycles. The molecule has 82 valence electrons. The molecule has 0 saturated heterocycles. The quantitative estimate of drug-likeness (QED) is 0.578. The fraction of sp³-hybridized carbons (Fsp3) is 0.333. The summed E-state index contributed by atoms with van der Waals surface area (Å²) in [7, 11) is 0. The van der Waals surface area contributed by atoms with Crippen LogP contribution in [0.1, 0.15) is 18.4 Å². The Morgan fingerprint density at radius 2 is 2.33 bits per heavy atom. The second kappa shape index (κ2) is 4.72. The molecule has 6 heteroatoms. The molecule has 0 amide bonds. The van der Waals surface area contributed by atoms with Crippen molar-refractivity contribution < 1.29 is 14.9 Å². The van der Waals surface area contributed by atoms with E-state index in [-0.39, 0.29) is 24.0 Å². The molecular formula is C9H12N2O4. The summed E-state index contributed by atoms with van der Waals surface area (Å²) in [6, 6.07) is 4.21. The third-order valence-electron chi connectivity index (χ3n) is 2.11. The normalized spacial score (nSPS) is 12.4. The van der Waals surface area contributed by atoms with Crippen molar-refractivity contribution in [2.75, 3.05) is 6.61 Å². The smallest absolute Gasteiger partial charge is 0.310 e. The van der Waals surface area contributed by atoms with Crippen LogP contribution >= 0.6 is 0 Å². The molecule has 1 aromatic rings. The van der Waals surface area contributed by atoms with Gasteiger partial charge in [0.15, 0.2) is 5.75 Å². The van der Waals surface area contributed by atoms with Crippen LogP contribution in [0.15, 0.2) is 18.2 Å². The molecule has 1 rings (SSSR count). The Kier molecular flexibility index (Phi) is 3.59. The maximum absolute atomic E-state index is 10.5. The van der Waals surface area contributed by atoms with Crippen molar-refractivity contribution in [3.8, 4) is 5.75 Å². The SMILES string of the molecule is CC(CON)c1ccc(O)c([N+](=O)[O-])c1. The van der Waals surface area contributed by atoms with Gasteiger partial charge in [-0.1, -0.05) is 13.0 Å². The molecule has 15 heavy (non-hydrogen) atoms. The Labute approximate surface area is 86.4 Å². The first-order valence-electron chi connectivity index (χ1n) is 4.35. The Morgan fingerprint density at radius 3 is 2.87 bits per heavy atom. The van der Waals surface area contributed by atoms with E-state index < -0.39 is 4.92 Å². The summed E-state index contributed by atoms with van der Waals surface area (Å²) < 4.78 is 0. The van der Waals surface area contributed by atoms with Gasteiger partial charge < -0.3 is 9.94 Å². The van der Waals surface area contributed by atoms with Gasteiger partial charge in [-0.3, -0.25) is 10.1 Å². The summed E-state index contributed by atoms with van der Waals surface area (Å²) in [5.74, 6) is 4.51. The molecule has 0 aliphatic carbocycles. The number of nitrogens with two attached hydrogens (primary N) is 1. The minimum absolute atomic E-state index is 0.0608. The molecular weight excluding hydrogens is 200 g/mol. The second-order valence-electron chi connectivity index (χ2n) is 3.24. The number of benzene rings is 1. The van der Waals surface area contributed by atoms with Crippen molar-refractivity contribution in [2.45, 2.75) is 12.8 Å². The number of hydrogen-bond acceptors (Lipinski definition) is 5. The molecule has 6 nitrogen and oxygen atoms in total. The lowest BCUT2D eigenvalue weighted by atomic mass is 10.0. The van der Waals surface area contributed by atoms with E-state index in [1.807, 2.05) is 6.92 Å². The van der Waals surface area contributed by atoms with Gasteiger partial charge in [-0.25, -0.2) is 5.90 Å². The largest absolute Gasteiger partial charge is 0.502 e. The van der Waals surface area contributed by atoms with Gasteiger partial charge in [0, 0.05) is 12.0 Å². The number of aromatic hydroxyl groups is 1. The van der Waals surface area contributed by atoms with Crippen LogP contribution in [0.4, 0.5) is 5.69 Å². The number of hydrogen-bond donors (Lipinski definition) is 2. The van der Waals surface area contributed by atoms with Crippen LogP contribution in [0.5, 0.6) is 5.75 Å². The summed E-state index contributed by atoms with van der Waals surface area (Å²) in [5.41, 5.74) is 0.390. The Morgan fingerprint density at radius 1 is 1.67 bits per heavy atom. The van der Waals surface area contributed by atoms with E-state index in [9.17, 15) is 15.2 Å². The van der Waals surface area contributed by atoms with E-state index in [1.165, 1.54) is 12.1 Å². The lowest BCUT2D eigenvalue weighted by Gasteiger charge is -2.09. The Bertz CT molecular complexity index is 367. The van der Waals surface area contributed by atoms with E-state index >= 15 is 0 Å². The fourth-order valence-electron chi connectivity index (χ4n) is 1.23. The highest BCUT2D eigenvalue weighted by Crippen LogP contribution is 2.29. The average molecular weight is 212 g/mol. The highest BCUT2D eigenvalue weighted by molar-refractivity contribution is 5.48. The van der Waals surface area contributed by atoms with Gasteiger partial charge in [0.1, 0.15) is 0 Å². The molecule has 1 atom stereocenters. The summed E-state index contributed by atoms with van der Waals surface area (Å²) >= 11 is 0. The Hall–Kier alpha value is -1.66. The number of rotatable bonds is 4. The molecule has 0 aromatic heterocycles. The minimum Gasteiger partial charge on any atom is -0.502 e. The number of nitro groups is 1. The summed E-state index contributed by atoms with van der Waals surface area (Å²) in [6.07, 6.45) is 0. The van der Waals surface area contributed by atoms with Crippen molar-refractivity contribution >= 4 is 5.69 Å². The summed E-state index contributed by atoms with van der Waals surface area (Å²) in [4.78, 5) is 14.4. The van der Waals surface area contributed by atoms with Gasteiger partial charge >= 0.3 is 5.69 Å². The maximum atomic E-state index is 10.5. The first-order chi connectivity index (χ1) is 7.06. The number of nitro benzene ring substituents is 1. The van der Waals surface area contributed by atoms with Crippen LogP contribution in [0.2, 0.25) is 0 Å². The molecule has 1 unspecified atom stereocenters. The van der Waals surface area contributed by atoms with E-state index in [4.69, 9.17) is 5.90 Å². The first kappa shape index (κ1) is 11.4. The lowest BCUT2D eigenvalue weighted by Crippen LogP contribution is -2.08. The zero-order valence-electron chi connectivity index (χ0n) is 8.21. The molecule has 0 heterocycles. The summed E-state index contributed by atoms with van der Waals surface area (Å²) in [5, 5.41) is 19.8. The molecule has 0 radical (unpaired) electrons. The van der Waals surface area contributed by atoms with E-state index in [2.05, 4.69) is 4.84 Å². The van der Waals surface area contributed by atoms with Gasteiger partial charge in [0.25, 0.3) is 0 Å². The molecule has 0 spiro atoms. The van der Waals surface area contributed by atoms with Gasteiger partial charge in [-0.05, 0) is 11.6 Å². The maximum Gasteiger partial charge on any atom is 0.310 e. The standard InChI is InChI=1S/C9H12N2O4/c1-6(5-15-10)7-2-3-9(12)8(4-7)11(13)14/h2-4,6,12H,5,10H2,1H3. The molecule has 3 N–H and O–H groups in total. The van der Waals surface area contributed by atoms with Crippen molar-refractivity contribution in [3.63, 3.8) is 0 Å². The van der Waals surface area contributed by atoms with E-state index in [0.717, 1.165) is 0 Å². The summed E-state index contributed by atoms with van der Waals surface area (Å²) in [6.45, 7) is 2.09. The number of phenols is 1. The molecule has 0 aliphatic rings. The fourth-order valence-corrected chi connectivity index (χ4v) is 1.23. The average Bonchev–Trinajstić information content (AvgIpc) is 2.18. The topological polar surface area (TPSA) is 98.6 Å². The molecule has 0 fully saturated rings. The molecule has 1 aromatic carbocycles. The van der Waals surface area contributed by atoms with Gasteiger partial charge in [0.05, 0.1) is 11.5 Å². The first-order valence-corrected chi connectivity index (χ1v) is 4.35. The van der Waals surface area contributed by atoms with Crippen molar-refractivity contribution in [3.05, 3.63) is 33.9 Å². The second-order valence-corrected chi connectivity index (χ2v) is 3.24. The van der Waals surface area contributed by atoms with Crippen LogP contribution in [-0.2, 0) is 4.84 Å². The molecule has 0 saturated carbocycles. The van der Waals surface area contributed by atoms with Crippen LogP contribution in [0.3, 0.4) is 0 Å². The van der Waals surface area contributed by atoms with Crippen LogP contribution in [-0.4, -0.2) is 16.6 Å². The van der Waals surface area contributed by atoms with Crippen molar-refractivity contribution in [1.29, 1.82) is 0 Å². The van der Waals surface area contributed by atoms with Crippen molar-refractivity contribution in [1.82, 2.24) is 0 Å². The van der Waals surface area contributed by atoms with Gasteiger partial charge in [0.2, 0.25) is 0 Å². The van der Waals surface area contributed by atoms with Gasteiger partial charge in [-0.15, -0.1) is 0 Å². The van der Waals surface area contributed by atoms with Crippen molar-refractivity contribution in [2.24, 2.45) is 5.90 Å². The third-order valence-corrected chi connectivity index (χ3v) is 2.11. The van der Waals surface area contributed by atoms with Crippen LogP contribution in [0.25, 0.3) is 0 Å². The van der Waals surface area contributed by atoms with Gasteiger partial charge in [-0.2, -0.15) is 0 Å². The minimum atomic E-state index is -0.630. The highest BCUT2D eigenvalue weighted by Gasteiger charge is 2.16. The third kappa shape index (κ3) is 2.64. The van der Waals surface area contributed by atoms with Crippen LogP contribution in [0, 0.1) is 10.1 Å². The predicted molar refractivity (Wildman–Crippen MR) is 53.3 cm³/mol. The number of nitrogens with zero attached hydrogens (tertiary/aromatic N) is 1. The predicted octanol–water partition coefficient (Wildman–Crippen LogP) is 1.29. The molecule has 0 bridgehead atoms. The monoisotopic (exact) mass is 212 g/mol. The zero-order chi connectivity index (χ0) is 11.4. The lowest BCUT2D eigenvalue weighted by molar-refractivity contribution is -0.385. The Balaban J connectivity index is 3.02. The zero-order valence-corrected chi connectivity index (χ0v) is 8.21.